The average Bonchev–Trinajstić information content (AvgIpc) is 1.90. The molecule has 1 saturated carbocycles. The van der Waals surface area contributed by atoms with Gasteiger partial charge in [-0.25, -0.2) is 0 Å². The zero-order chi connectivity index (χ0) is 7.68. The highest BCUT2D eigenvalue weighted by molar-refractivity contribution is 4.80. The van der Waals surface area contributed by atoms with E-state index in [0.29, 0.717) is 0 Å². The molecule has 1 aliphatic carbocycles. The van der Waals surface area contributed by atoms with Crippen molar-refractivity contribution in [3.8, 4) is 0 Å². The van der Waals surface area contributed by atoms with Crippen LogP contribution in [0.25, 0.3) is 0 Å². The van der Waals surface area contributed by atoms with Crippen LogP contribution in [0.3, 0.4) is 0 Å². The van der Waals surface area contributed by atoms with Crippen LogP contribution in [0, 0.1) is 7.05 Å². The molecule has 2 fully saturated rings. The molecule has 1 saturated heterocycles. The Morgan fingerprint density at radius 3 is 2.27 bits per heavy atom. The summed E-state index contributed by atoms with van der Waals surface area (Å²) in [5.74, 6) is 0. The van der Waals surface area contributed by atoms with E-state index in [0.717, 1.165) is 6.04 Å². The second-order valence-corrected chi connectivity index (χ2v) is 3.87. The summed E-state index contributed by atoms with van der Waals surface area (Å²) < 4.78 is 0. The minimum atomic E-state index is 0.947. The number of nitrogens with zero attached hydrogens (tertiary/aromatic N) is 1. The van der Waals surface area contributed by atoms with E-state index < -0.39 is 0 Å². The largest absolute Gasteiger partial charge is 0.466 e. The third kappa shape index (κ3) is 1.57. The van der Waals surface area contributed by atoms with Crippen LogP contribution in [0.1, 0.15) is 19.3 Å². The molecular formula is C9H18N2. The van der Waals surface area contributed by atoms with Gasteiger partial charge in [-0.1, -0.05) is 6.42 Å². The minimum absolute atomic E-state index is 0.947. The van der Waals surface area contributed by atoms with Crippen LogP contribution in [0.2, 0.25) is 0 Å². The first-order valence-corrected chi connectivity index (χ1v) is 4.77. The van der Waals surface area contributed by atoms with E-state index in [4.69, 9.17) is 0 Å². The zero-order valence-electron chi connectivity index (χ0n) is 7.18. The summed E-state index contributed by atoms with van der Waals surface area (Å²) in [5, 5.41) is 0. The number of piperazine rings is 1. The van der Waals surface area contributed by atoms with E-state index >= 15 is 0 Å². The summed E-state index contributed by atoms with van der Waals surface area (Å²) in [6.45, 7) is 5.06. The molecule has 0 bridgehead atoms. The van der Waals surface area contributed by atoms with Gasteiger partial charge >= 0.3 is 0 Å². The number of nitrogens with one attached hydrogen (secondary N) is 1. The van der Waals surface area contributed by atoms with Crippen molar-refractivity contribution in [1.29, 1.82) is 0 Å². The summed E-state index contributed by atoms with van der Waals surface area (Å²) >= 11 is 0. The molecule has 2 heteroatoms. The lowest BCUT2D eigenvalue weighted by molar-refractivity contribution is -0.859. The van der Waals surface area contributed by atoms with Crippen molar-refractivity contribution in [1.82, 2.24) is 4.90 Å². The van der Waals surface area contributed by atoms with Gasteiger partial charge in [-0.15, -0.1) is 0 Å². The van der Waals surface area contributed by atoms with Crippen LogP contribution in [-0.4, -0.2) is 37.1 Å². The molecule has 1 aliphatic heterocycles. The molecule has 0 aromatic heterocycles. The summed E-state index contributed by atoms with van der Waals surface area (Å²) in [6, 6.07) is 0.947. The van der Waals surface area contributed by atoms with Gasteiger partial charge in [0.15, 0.2) is 0 Å². The molecule has 0 atom stereocenters. The molecule has 11 heavy (non-hydrogen) atoms. The SMILES string of the molecule is [CH2-][NH+]1CCN(C2CCC2)CC1. The van der Waals surface area contributed by atoms with Crippen molar-refractivity contribution >= 4 is 0 Å². The molecule has 0 aromatic carbocycles. The third-order valence-electron chi connectivity index (χ3n) is 3.10. The lowest BCUT2D eigenvalue weighted by Crippen LogP contribution is -3.10. The third-order valence-corrected chi connectivity index (χ3v) is 3.10. The topological polar surface area (TPSA) is 7.68 Å². The van der Waals surface area contributed by atoms with Gasteiger partial charge in [-0.05, 0) is 12.8 Å². The summed E-state index contributed by atoms with van der Waals surface area (Å²) in [5.41, 5.74) is 0. The van der Waals surface area contributed by atoms with Crippen LogP contribution in [-0.2, 0) is 0 Å². The normalized spacial score (nSPS) is 30.3. The van der Waals surface area contributed by atoms with Crippen molar-refractivity contribution in [3.63, 3.8) is 0 Å². The maximum atomic E-state index is 4.03. The van der Waals surface area contributed by atoms with Crippen molar-refractivity contribution in [2.24, 2.45) is 0 Å². The molecule has 1 N–H and O–H groups in total. The number of quaternary nitrogens is 1. The Labute approximate surface area is 69.2 Å². The molecule has 0 spiro atoms. The summed E-state index contributed by atoms with van der Waals surface area (Å²) in [7, 11) is 4.03. The molecule has 0 aromatic rings. The minimum Gasteiger partial charge on any atom is -0.466 e. The molecule has 0 unspecified atom stereocenters. The predicted molar refractivity (Wildman–Crippen MR) is 45.3 cm³/mol. The number of hydrogen-bond acceptors (Lipinski definition) is 1. The van der Waals surface area contributed by atoms with Crippen molar-refractivity contribution < 1.29 is 4.90 Å². The van der Waals surface area contributed by atoms with E-state index in [1.54, 1.807) is 0 Å². The molecule has 1 heterocycles. The highest BCUT2D eigenvalue weighted by Crippen LogP contribution is 2.24. The Morgan fingerprint density at radius 2 is 1.82 bits per heavy atom. The smallest absolute Gasteiger partial charge is 0.0660 e. The molecule has 0 amide bonds. The quantitative estimate of drug-likeness (QED) is 0.502. The Balaban J connectivity index is 1.77. The Bertz CT molecular complexity index is 124. The van der Waals surface area contributed by atoms with Crippen LogP contribution in [0.5, 0.6) is 0 Å². The maximum absolute atomic E-state index is 4.03. The summed E-state index contributed by atoms with van der Waals surface area (Å²) in [4.78, 5) is 4.11. The molecule has 2 nitrogen and oxygen atoms in total. The standard InChI is InChI=1S/C9H18N2/c1-10-5-7-11(8-6-10)9-3-2-4-9/h9-10H,1-8H2. The monoisotopic (exact) mass is 154 g/mol. The molecule has 64 valence electrons. The van der Waals surface area contributed by atoms with Crippen LogP contribution in [0.4, 0.5) is 0 Å². The highest BCUT2D eigenvalue weighted by atomic mass is 15.3. The van der Waals surface area contributed by atoms with E-state index in [1.165, 1.54) is 50.3 Å². The molecular weight excluding hydrogens is 136 g/mol. The lowest BCUT2D eigenvalue weighted by Gasteiger charge is -2.42. The van der Waals surface area contributed by atoms with Crippen molar-refractivity contribution in [2.45, 2.75) is 25.3 Å². The fourth-order valence-corrected chi connectivity index (χ4v) is 1.96. The first kappa shape index (κ1) is 7.56. The fourth-order valence-electron chi connectivity index (χ4n) is 1.96. The summed E-state index contributed by atoms with van der Waals surface area (Å²) in [6.07, 6.45) is 4.36. The van der Waals surface area contributed by atoms with E-state index in [9.17, 15) is 0 Å². The van der Waals surface area contributed by atoms with Gasteiger partial charge in [-0.3, -0.25) is 4.90 Å². The van der Waals surface area contributed by atoms with Crippen LogP contribution < -0.4 is 4.90 Å². The van der Waals surface area contributed by atoms with Gasteiger partial charge < -0.3 is 4.90 Å². The van der Waals surface area contributed by atoms with Gasteiger partial charge in [0, 0.05) is 19.1 Å². The van der Waals surface area contributed by atoms with Crippen LogP contribution in [0.15, 0.2) is 0 Å². The van der Waals surface area contributed by atoms with Gasteiger partial charge in [-0.2, -0.15) is 7.05 Å². The predicted octanol–water partition coefficient (Wildman–Crippen LogP) is -0.469. The average molecular weight is 154 g/mol. The van der Waals surface area contributed by atoms with Gasteiger partial charge in [0.25, 0.3) is 0 Å². The second kappa shape index (κ2) is 3.11. The Kier molecular flexibility index (Phi) is 2.14. The fraction of sp³-hybridized carbons (Fsp3) is 0.889. The van der Waals surface area contributed by atoms with Gasteiger partial charge in [0.1, 0.15) is 0 Å². The Morgan fingerprint density at radius 1 is 1.18 bits per heavy atom. The van der Waals surface area contributed by atoms with Crippen molar-refractivity contribution in [2.75, 3.05) is 26.2 Å². The molecule has 2 rings (SSSR count). The lowest BCUT2D eigenvalue weighted by atomic mass is 9.91. The Hall–Kier alpha value is -0.0800. The van der Waals surface area contributed by atoms with E-state index in [2.05, 4.69) is 11.9 Å². The highest BCUT2D eigenvalue weighted by Gasteiger charge is 2.26. The van der Waals surface area contributed by atoms with Gasteiger partial charge in [0.2, 0.25) is 0 Å². The maximum Gasteiger partial charge on any atom is 0.0660 e. The first-order valence-electron chi connectivity index (χ1n) is 4.77. The van der Waals surface area contributed by atoms with E-state index in [1.807, 2.05) is 0 Å². The van der Waals surface area contributed by atoms with Crippen LogP contribution >= 0.6 is 0 Å². The molecule has 2 aliphatic rings. The van der Waals surface area contributed by atoms with Gasteiger partial charge in [0.05, 0.1) is 13.1 Å². The zero-order valence-corrected chi connectivity index (χ0v) is 7.18. The number of hydrogen-bond donors (Lipinski definition) is 1. The first-order chi connectivity index (χ1) is 5.36. The second-order valence-electron chi connectivity index (χ2n) is 3.87. The van der Waals surface area contributed by atoms with E-state index in [-0.39, 0.29) is 0 Å². The van der Waals surface area contributed by atoms with Crippen molar-refractivity contribution in [3.05, 3.63) is 7.05 Å². The number of rotatable bonds is 1. The molecule has 0 radical (unpaired) electrons.